The molecule has 0 aliphatic carbocycles. The van der Waals surface area contributed by atoms with Gasteiger partial charge in [0.2, 0.25) is 0 Å². The van der Waals surface area contributed by atoms with Crippen LogP contribution in [0.3, 0.4) is 0 Å². The molecule has 0 heterocycles. The maximum Gasteiger partial charge on any atom is 0.336 e. The van der Waals surface area contributed by atoms with Gasteiger partial charge in [-0.25, -0.2) is 9.59 Å². The summed E-state index contributed by atoms with van der Waals surface area (Å²) in [5, 5.41) is 0. The van der Waals surface area contributed by atoms with Gasteiger partial charge in [-0.3, -0.25) is 17.3 Å². The molecule has 0 aliphatic heterocycles. The number of esters is 3. The van der Waals surface area contributed by atoms with E-state index in [-0.39, 0.29) is 94.0 Å². The summed E-state index contributed by atoms with van der Waals surface area (Å²) in [5.41, 5.74) is 2.18. The summed E-state index contributed by atoms with van der Waals surface area (Å²) in [4.78, 5) is 38.0. The molecular formula is C40H50O19S3. The monoisotopic (exact) mass is 930 g/mol. The zero-order valence-electron chi connectivity index (χ0n) is 34.4. The van der Waals surface area contributed by atoms with Gasteiger partial charge < -0.3 is 33.2 Å². The van der Waals surface area contributed by atoms with E-state index in [2.05, 4.69) is 0 Å². The fourth-order valence-corrected chi connectivity index (χ4v) is 7.26. The summed E-state index contributed by atoms with van der Waals surface area (Å²) in [6.45, 7) is 2.51. The highest BCUT2D eigenvalue weighted by atomic mass is 32.2. The average Bonchev–Trinajstić information content (AvgIpc) is 3.22. The van der Waals surface area contributed by atoms with Crippen molar-refractivity contribution >= 4 is 48.3 Å². The van der Waals surface area contributed by atoms with E-state index >= 15 is 0 Å². The summed E-state index contributed by atoms with van der Waals surface area (Å²) < 4.78 is 125. The molecule has 0 amide bonds. The van der Waals surface area contributed by atoms with Crippen LogP contribution in [0.4, 0.5) is 0 Å². The van der Waals surface area contributed by atoms with Crippen LogP contribution < -0.4 is 0 Å². The smallest absolute Gasteiger partial charge is 0.336 e. The third-order valence-electron chi connectivity index (χ3n) is 7.82. The summed E-state index contributed by atoms with van der Waals surface area (Å²) in [7, 11) is -11.9. The Morgan fingerprint density at radius 3 is 1.18 bits per heavy atom. The van der Waals surface area contributed by atoms with E-state index in [4.69, 9.17) is 45.7 Å². The molecule has 0 unspecified atom stereocenters. The molecule has 0 atom stereocenters. The Morgan fingerprint density at radius 1 is 0.435 bits per heavy atom. The topological polar surface area (TPSA) is 246 Å². The molecule has 342 valence electrons. The summed E-state index contributed by atoms with van der Waals surface area (Å²) in [6, 6.07) is 18.3. The van der Waals surface area contributed by atoms with E-state index in [1.54, 1.807) is 36.4 Å². The van der Waals surface area contributed by atoms with Gasteiger partial charge >= 0.3 is 17.9 Å². The van der Waals surface area contributed by atoms with Gasteiger partial charge in [0.15, 0.2) is 6.79 Å². The minimum Gasteiger partial charge on any atom is -0.463 e. The van der Waals surface area contributed by atoms with Crippen LogP contribution in [0.1, 0.15) is 23.1 Å². The van der Waals surface area contributed by atoms with E-state index in [0.29, 0.717) is 0 Å². The van der Waals surface area contributed by atoms with Crippen molar-refractivity contribution in [1.29, 1.82) is 0 Å². The lowest BCUT2D eigenvalue weighted by Gasteiger charge is -2.11. The van der Waals surface area contributed by atoms with Crippen LogP contribution >= 0.6 is 0 Å². The Hall–Kier alpha value is -4.62. The number of hydrogen-bond acceptors (Lipinski definition) is 19. The molecule has 0 aliphatic rings. The summed E-state index contributed by atoms with van der Waals surface area (Å²) in [6.07, 6.45) is -0.0132. The SMILES string of the molecule is Cc1ccc(S(=O)(=O)OCCOCCOCOC(=O)C(=CC(=O)OCCOCCOS(=O)(=O)c2ccc(C)cc2)CC(=O)OCCOCCOS(=O)(=O)c2ccc(C)cc2)cc1. The van der Waals surface area contributed by atoms with Crippen molar-refractivity contribution in [1.82, 2.24) is 0 Å². The van der Waals surface area contributed by atoms with Crippen LogP contribution in [0, 0.1) is 20.8 Å². The van der Waals surface area contributed by atoms with Gasteiger partial charge in [-0.1, -0.05) is 53.1 Å². The first-order chi connectivity index (χ1) is 29.5. The van der Waals surface area contributed by atoms with Crippen molar-refractivity contribution in [3.8, 4) is 0 Å². The number of carbonyl (C=O) groups excluding carboxylic acids is 3. The van der Waals surface area contributed by atoms with Crippen LogP contribution in [0.15, 0.2) is 99.1 Å². The first kappa shape index (κ1) is 51.7. The highest BCUT2D eigenvalue weighted by Gasteiger charge is 2.20. The molecule has 3 rings (SSSR count). The molecule has 22 heteroatoms. The zero-order chi connectivity index (χ0) is 45.4. The van der Waals surface area contributed by atoms with Crippen LogP contribution in [-0.4, -0.2) is 129 Å². The lowest BCUT2D eigenvalue weighted by atomic mass is 10.2. The predicted molar refractivity (Wildman–Crippen MR) is 217 cm³/mol. The number of ether oxygens (including phenoxy) is 7. The summed E-state index contributed by atoms with van der Waals surface area (Å²) >= 11 is 0. The van der Waals surface area contributed by atoms with Gasteiger partial charge in [0.25, 0.3) is 30.4 Å². The quantitative estimate of drug-likeness (QED) is 0.0233. The second kappa shape index (κ2) is 26.8. The minimum absolute atomic E-state index is 0.00573. The minimum atomic E-state index is -3.99. The Kier molecular flexibility index (Phi) is 22.3. The third-order valence-corrected chi connectivity index (χ3v) is 11.8. The fourth-order valence-electron chi connectivity index (χ4n) is 4.59. The van der Waals surface area contributed by atoms with Crippen molar-refractivity contribution in [2.75, 3.05) is 86.1 Å². The van der Waals surface area contributed by atoms with Gasteiger partial charge in [-0.2, -0.15) is 25.3 Å². The molecular weight excluding hydrogens is 881 g/mol. The predicted octanol–water partition coefficient (Wildman–Crippen LogP) is 3.10. The van der Waals surface area contributed by atoms with Crippen LogP contribution in [-0.2, 0) is 90.4 Å². The van der Waals surface area contributed by atoms with Gasteiger partial charge in [0.05, 0.1) is 92.7 Å². The van der Waals surface area contributed by atoms with Crippen molar-refractivity contribution in [2.24, 2.45) is 0 Å². The fraction of sp³-hybridized carbons (Fsp3) is 0.425. The normalized spacial score (nSPS) is 12.2. The van der Waals surface area contributed by atoms with E-state index in [9.17, 15) is 39.6 Å². The van der Waals surface area contributed by atoms with Crippen LogP contribution in [0.2, 0.25) is 0 Å². The van der Waals surface area contributed by atoms with E-state index in [1.165, 1.54) is 36.4 Å². The molecule has 0 radical (unpaired) electrons. The first-order valence-electron chi connectivity index (χ1n) is 18.9. The Bertz CT molecular complexity index is 2220. The lowest BCUT2D eigenvalue weighted by Crippen LogP contribution is -2.20. The first-order valence-corrected chi connectivity index (χ1v) is 23.1. The van der Waals surface area contributed by atoms with Crippen molar-refractivity contribution in [2.45, 2.75) is 41.9 Å². The molecule has 62 heavy (non-hydrogen) atoms. The molecule has 0 bridgehead atoms. The second-order valence-electron chi connectivity index (χ2n) is 12.8. The molecule has 0 saturated heterocycles. The summed E-state index contributed by atoms with van der Waals surface area (Å²) in [5.74, 6) is -3.12. The van der Waals surface area contributed by atoms with Crippen molar-refractivity contribution < 1.29 is 85.3 Å². The van der Waals surface area contributed by atoms with E-state index in [1.807, 2.05) is 20.8 Å². The Labute approximate surface area is 361 Å². The molecule has 3 aromatic carbocycles. The van der Waals surface area contributed by atoms with Gasteiger partial charge in [0.1, 0.15) is 13.2 Å². The molecule has 0 fully saturated rings. The molecule has 0 N–H and O–H groups in total. The Morgan fingerprint density at radius 2 is 0.774 bits per heavy atom. The lowest BCUT2D eigenvalue weighted by molar-refractivity contribution is -0.155. The second-order valence-corrected chi connectivity index (χ2v) is 17.6. The number of benzene rings is 3. The zero-order valence-corrected chi connectivity index (χ0v) is 36.8. The average molecular weight is 931 g/mol. The number of aryl methyl sites for hydroxylation is 3. The van der Waals surface area contributed by atoms with E-state index < -0.39 is 67.0 Å². The molecule has 0 saturated carbocycles. The number of carbonyl (C=O) groups is 3. The maximum atomic E-state index is 12.8. The van der Waals surface area contributed by atoms with Crippen molar-refractivity contribution in [3.05, 3.63) is 101 Å². The molecule has 0 spiro atoms. The largest absolute Gasteiger partial charge is 0.463 e. The van der Waals surface area contributed by atoms with Gasteiger partial charge in [0, 0.05) is 6.08 Å². The number of hydrogen-bond donors (Lipinski definition) is 0. The van der Waals surface area contributed by atoms with Crippen LogP contribution in [0.25, 0.3) is 0 Å². The Balaban J connectivity index is 1.40. The highest BCUT2D eigenvalue weighted by molar-refractivity contribution is 7.87. The van der Waals surface area contributed by atoms with Gasteiger partial charge in [-0.05, 0) is 57.2 Å². The molecule has 19 nitrogen and oxygen atoms in total. The van der Waals surface area contributed by atoms with Gasteiger partial charge in [-0.15, -0.1) is 0 Å². The third kappa shape index (κ3) is 20.0. The maximum absolute atomic E-state index is 12.8. The standard InChI is InChI=1S/C40H50O19S3/c1-31-4-10-35(11-5-31)60(44,45)57-25-20-50-16-17-53-30-56-40(43)34(28-38(41)54-23-18-51-21-26-58-61(46,47)36-12-6-32(2)7-13-36)29-39(42)55-24-19-52-22-27-59-62(48,49)37-14-8-33(3)9-15-37/h4-15,28H,16-27,29-30H2,1-3H3. The number of rotatable bonds is 30. The van der Waals surface area contributed by atoms with Crippen molar-refractivity contribution in [3.63, 3.8) is 0 Å². The molecule has 0 aromatic heterocycles. The highest BCUT2D eigenvalue weighted by Crippen LogP contribution is 2.15. The molecule has 3 aromatic rings. The van der Waals surface area contributed by atoms with Crippen LogP contribution in [0.5, 0.6) is 0 Å². The van der Waals surface area contributed by atoms with E-state index in [0.717, 1.165) is 22.8 Å².